The summed E-state index contributed by atoms with van der Waals surface area (Å²) in [6.45, 7) is 10.1. The Kier molecular flexibility index (Phi) is 8.50. The summed E-state index contributed by atoms with van der Waals surface area (Å²) in [5.41, 5.74) is 0.797. The fourth-order valence-corrected chi connectivity index (χ4v) is 2.96. The Morgan fingerprint density at radius 2 is 1.92 bits per heavy atom. The highest BCUT2D eigenvalue weighted by molar-refractivity contribution is 5.98. The molecule has 1 saturated heterocycles. The molecule has 1 aromatic rings. The van der Waals surface area contributed by atoms with Gasteiger partial charge in [-0.2, -0.15) is 0 Å². The zero-order valence-corrected chi connectivity index (χ0v) is 15.9. The van der Waals surface area contributed by atoms with Crippen molar-refractivity contribution < 1.29 is 14.3 Å². The number of aromatic nitrogens is 1. The van der Waals surface area contributed by atoms with Crippen LogP contribution in [0, 0.1) is 0 Å². The lowest BCUT2D eigenvalue weighted by atomic mass is 10.2. The minimum absolute atomic E-state index is 0.114. The molecule has 1 N–H and O–H groups in total. The average molecular weight is 362 g/mol. The zero-order chi connectivity index (χ0) is 18.8. The summed E-state index contributed by atoms with van der Waals surface area (Å²) in [5, 5.41) is 2.92. The van der Waals surface area contributed by atoms with Gasteiger partial charge in [0.05, 0.1) is 13.2 Å². The number of carbonyl (C=O) groups excluding carboxylic acids is 2. The van der Waals surface area contributed by atoms with Gasteiger partial charge in [0.15, 0.2) is 0 Å². The number of nitrogens with zero attached hydrogens (tertiary/aromatic N) is 3. The van der Waals surface area contributed by atoms with E-state index in [1.54, 1.807) is 17.0 Å². The van der Waals surface area contributed by atoms with Gasteiger partial charge in [-0.15, -0.1) is 0 Å². The standard InChI is InChI=1S/C19H30N4O3/c1-3-8-23(9-4-2)19(25)17-15-16(5-6-20-17)18(24)21-7-10-22-11-13-26-14-12-22/h5-6,15H,3-4,7-14H2,1-2H3,(H,21,24). The highest BCUT2D eigenvalue weighted by Crippen LogP contribution is 2.07. The normalized spacial score (nSPS) is 14.8. The third kappa shape index (κ3) is 6.07. The third-order valence-electron chi connectivity index (χ3n) is 4.33. The lowest BCUT2D eigenvalue weighted by Crippen LogP contribution is -2.41. The van der Waals surface area contributed by atoms with Crippen LogP contribution in [0.3, 0.4) is 0 Å². The molecule has 0 atom stereocenters. The summed E-state index contributed by atoms with van der Waals surface area (Å²) in [7, 11) is 0. The van der Waals surface area contributed by atoms with Crippen molar-refractivity contribution in [2.75, 3.05) is 52.5 Å². The van der Waals surface area contributed by atoms with E-state index < -0.39 is 0 Å². The summed E-state index contributed by atoms with van der Waals surface area (Å²) in [5.74, 6) is -0.288. The fraction of sp³-hybridized carbons (Fsp3) is 0.632. The molecule has 26 heavy (non-hydrogen) atoms. The first kappa shape index (κ1) is 20.3. The van der Waals surface area contributed by atoms with E-state index in [-0.39, 0.29) is 11.8 Å². The number of hydrogen-bond acceptors (Lipinski definition) is 5. The molecule has 0 unspecified atom stereocenters. The average Bonchev–Trinajstić information content (AvgIpc) is 2.68. The number of hydrogen-bond donors (Lipinski definition) is 1. The number of pyridine rings is 1. The minimum Gasteiger partial charge on any atom is -0.379 e. The maximum atomic E-state index is 12.6. The largest absolute Gasteiger partial charge is 0.379 e. The number of carbonyl (C=O) groups is 2. The molecule has 2 rings (SSSR count). The minimum atomic E-state index is -0.174. The Morgan fingerprint density at radius 1 is 1.23 bits per heavy atom. The van der Waals surface area contributed by atoms with Gasteiger partial charge in [0.1, 0.15) is 5.69 Å². The van der Waals surface area contributed by atoms with E-state index in [1.807, 2.05) is 13.8 Å². The molecule has 0 spiro atoms. The van der Waals surface area contributed by atoms with Crippen LogP contribution >= 0.6 is 0 Å². The molecule has 0 aliphatic carbocycles. The maximum absolute atomic E-state index is 12.6. The second-order valence-corrected chi connectivity index (χ2v) is 6.43. The predicted molar refractivity (Wildman–Crippen MR) is 100 cm³/mol. The van der Waals surface area contributed by atoms with Crippen LogP contribution in [0.2, 0.25) is 0 Å². The van der Waals surface area contributed by atoms with Crippen molar-refractivity contribution in [2.24, 2.45) is 0 Å². The Morgan fingerprint density at radius 3 is 2.58 bits per heavy atom. The second-order valence-electron chi connectivity index (χ2n) is 6.43. The molecule has 1 fully saturated rings. The molecule has 1 aliphatic heterocycles. The van der Waals surface area contributed by atoms with Gasteiger partial charge in [0.2, 0.25) is 0 Å². The van der Waals surface area contributed by atoms with Crippen molar-refractivity contribution in [3.05, 3.63) is 29.6 Å². The predicted octanol–water partition coefficient (Wildman–Crippen LogP) is 1.41. The highest BCUT2D eigenvalue weighted by Gasteiger charge is 2.17. The molecule has 7 heteroatoms. The Labute approximate surface area is 155 Å². The Balaban J connectivity index is 1.91. The van der Waals surface area contributed by atoms with Gasteiger partial charge >= 0.3 is 0 Å². The maximum Gasteiger partial charge on any atom is 0.272 e. The molecule has 0 bridgehead atoms. The van der Waals surface area contributed by atoms with Crippen LogP contribution in [0.5, 0.6) is 0 Å². The lowest BCUT2D eigenvalue weighted by molar-refractivity contribution is 0.0383. The first-order valence-electron chi connectivity index (χ1n) is 9.49. The van der Waals surface area contributed by atoms with E-state index in [0.717, 1.165) is 45.7 Å². The molecule has 144 valence electrons. The van der Waals surface area contributed by atoms with E-state index in [2.05, 4.69) is 15.2 Å². The van der Waals surface area contributed by atoms with Gasteiger partial charge in [0.25, 0.3) is 11.8 Å². The van der Waals surface area contributed by atoms with E-state index in [0.29, 0.717) is 30.9 Å². The van der Waals surface area contributed by atoms with Crippen molar-refractivity contribution in [3.63, 3.8) is 0 Å². The van der Waals surface area contributed by atoms with E-state index >= 15 is 0 Å². The fourth-order valence-electron chi connectivity index (χ4n) is 2.96. The van der Waals surface area contributed by atoms with Crippen molar-refractivity contribution in [1.82, 2.24) is 20.1 Å². The molecule has 0 saturated carbocycles. The summed E-state index contributed by atoms with van der Waals surface area (Å²) in [6, 6.07) is 3.23. The van der Waals surface area contributed by atoms with Crippen molar-refractivity contribution in [2.45, 2.75) is 26.7 Å². The Bertz CT molecular complexity index is 582. The quantitative estimate of drug-likeness (QED) is 0.719. The summed E-state index contributed by atoms with van der Waals surface area (Å²) in [4.78, 5) is 33.2. The molecule has 1 aromatic heterocycles. The van der Waals surface area contributed by atoms with Crippen molar-refractivity contribution in [3.8, 4) is 0 Å². The van der Waals surface area contributed by atoms with Crippen LogP contribution in [0.4, 0.5) is 0 Å². The molecular weight excluding hydrogens is 332 g/mol. The molecular formula is C19H30N4O3. The summed E-state index contributed by atoms with van der Waals surface area (Å²) in [6.07, 6.45) is 3.32. The third-order valence-corrected chi connectivity index (χ3v) is 4.33. The molecule has 1 aliphatic rings. The van der Waals surface area contributed by atoms with Crippen LogP contribution in [0.15, 0.2) is 18.3 Å². The number of nitrogens with one attached hydrogen (secondary N) is 1. The second kappa shape index (κ2) is 10.9. The van der Waals surface area contributed by atoms with Gasteiger partial charge in [-0.25, -0.2) is 0 Å². The lowest BCUT2D eigenvalue weighted by Gasteiger charge is -2.26. The van der Waals surface area contributed by atoms with Gasteiger partial charge < -0.3 is 15.0 Å². The van der Waals surface area contributed by atoms with Crippen molar-refractivity contribution in [1.29, 1.82) is 0 Å². The van der Waals surface area contributed by atoms with E-state index in [1.165, 1.54) is 6.20 Å². The Hall–Kier alpha value is -1.99. The smallest absolute Gasteiger partial charge is 0.272 e. The van der Waals surface area contributed by atoms with Crippen LogP contribution in [0.1, 0.15) is 47.5 Å². The molecule has 0 aromatic carbocycles. The number of morpholine rings is 1. The van der Waals surface area contributed by atoms with Gasteiger partial charge in [0, 0.05) is 51.0 Å². The number of amides is 2. The monoisotopic (exact) mass is 362 g/mol. The van der Waals surface area contributed by atoms with E-state index in [4.69, 9.17) is 4.74 Å². The van der Waals surface area contributed by atoms with Gasteiger partial charge in [-0.1, -0.05) is 13.8 Å². The van der Waals surface area contributed by atoms with Gasteiger partial charge in [-0.05, 0) is 25.0 Å². The molecule has 2 heterocycles. The van der Waals surface area contributed by atoms with Crippen molar-refractivity contribution >= 4 is 11.8 Å². The topological polar surface area (TPSA) is 74.8 Å². The number of ether oxygens (including phenoxy) is 1. The summed E-state index contributed by atoms with van der Waals surface area (Å²) < 4.78 is 5.31. The zero-order valence-electron chi connectivity index (χ0n) is 15.9. The first-order chi connectivity index (χ1) is 12.7. The number of rotatable bonds is 9. The van der Waals surface area contributed by atoms with Crippen LogP contribution in [-0.2, 0) is 4.74 Å². The molecule has 2 amide bonds. The first-order valence-corrected chi connectivity index (χ1v) is 9.49. The van der Waals surface area contributed by atoms with Gasteiger partial charge in [-0.3, -0.25) is 19.5 Å². The van der Waals surface area contributed by atoms with Crippen LogP contribution in [0.25, 0.3) is 0 Å². The van der Waals surface area contributed by atoms with Crippen LogP contribution in [-0.4, -0.2) is 79.1 Å². The summed E-state index contributed by atoms with van der Waals surface area (Å²) >= 11 is 0. The van der Waals surface area contributed by atoms with Crippen LogP contribution < -0.4 is 5.32 Å². The highest BCUT2D eigenvalue weighted by atomic mass is 16.5. The molecule has 7 nitrogen and oxygen atoms in total. The SMILES string of the molecule is CCCN(CCC)C(=O)c1cc(C(=O)NCCN2CCOCC2)ccn1. The molecule has 0 radical (unpaired) electrons. The van der Waals surface area contributed by atoms with E-state index in [9.17, 15) is 9.59 Å².